The van der Waals surface area contributed by atoms with Crippen molar-refractivity contribution in [3.05, 3.63) is 54.1 Å². The molecule has 1 aliphatic heterocycles. The topological polar surface area (TPSA) is 75.7 Å². The van der Waals surface area contributed by atoms with E-state index >= 15 is 0 Å². The van der Waals surface area contributed by atoms with E-state index in [2.05, 4.69) is 53.9 Å². The van der Waals surface area contributed by atoms with Gasteiger partial charge in [0, 0.05) is 49.4 Å². The fourth-order valence-corrected chi connectivity index (χ4v) is 4.70. The highest BCUT2D eigenvalue weighted by molar-refractivity contribution is 5.95. The Morgan fingerprint density at radius 1 is 1.03 bits per heavy atom. The number of benzene rings is 2. The number of rotatable bonds is 6. The normalized spacial score (nSPS) is 19.3. The fraction of sp³-hybridized carbons (Fsp3) is 0.385. The fourth-order valence-electron chi connectivity index (χ4n) is 4.70. The molecule has 172 valence electrons. The van der Waals surface area contributed by atoms with Crippen molar-refractivity contribution >= 4 is 28.3 Å². The highest BCUT2D eigenvalue weighted by atomic mass is 16.7. The van der Waals surface area contributed by atoms with Crippen LogP contribution < -0.4 is 25.0 Å². The second kappa shape index (κ2) is 9.17. The van der Waals surface area contributed by atoms with E-state index in [0.717, 1.165) is 42.4 Å². The Labute approximate surface area is 194 Å². The quantitative estimate of drug-likeness (QED) is 0.583. The first-order valence-corrected chi connectivity index (χ1v) is 11.6. The van der Waals surface area contributed by atoms with Crippen LogP contribution in [0.2, 0.25) is 0 Å². The Bertz CT molecular complexity index is 1160. The summed E-state index contributed by atoms with van der Waals surface area (Å²) in [6, 6.07) is 16.1. The maximum atomic E-state index is 12.6. The summed E-state index contributed by atoms with van der Waals surface area (Å²) >= 11 is 0. The molecule has 33 heavy (non-hydrogen) atoms. The van der Waals surface area contributed by atoms with Crippen molar-refractivity contribution in [2.75, 3.05) is 37.6 Å². The van der Waals surface area contributed by atoms with Gasteiger partial charge in [-0.25, -0.2) is 4.98 Å². The summed E-state index contributed by atoms with van der Waals surface area (Å²) < 4.78 is 10.7. The Morgan fingerprint density at radius 2 is 1.82 bits per heavy atom. The second-order valence-electron chi connectivity index (χ2n) is 9.08. The first-order valence-electron chi connectivity index (χ1n) is 11.6. The molecule has 0 spiro atoms. The smallest absolute Gasteiger partial charge is 0.251 e. The number of carbonyl (C=O) groups excluding carboxylic acids is 1. The Balaban J connectivity index is 1.14. The molecule has 0 atom stereocenters. The van der Waals surface area contributed by atoms with Crippen LogP contribution in [0.25, 0.3) is 10.9 Å². The summed E-state index contributed by atoms with van der Waals surface area (Å²) in [5.41, 5.74) is 2.78. The van der Waals surface area contributed by atoms with E-state index in [1.807, 2.05) is 6.07 Å². The number of hydrogen-bond donors (Lipinski definition) is 2. The second-order valence-corrected chi connectivity index (χ2v) is 9.08. The van der Waals surface area contributed by atoms with Gasteiger partial charge in [0.15, 0.2) is 11.5 Å². The number of ether oxygens (including phenoxy) is 2. The van der Waals surface area contributed by atoms with Gasteiger partial charge in [-0.15, -0.1) is 0 Å². The molecule has 2 aliphatic rings. The number of pyridine rings is 1. The molecule has 1 amide bonds. The highest BCUT2D eigenvalue weighted by Gasteiger charge is 2.23. The number of para-hydroxylation sites is 1. The van der Waals surface area contributed by atoms with Crippen molar-refractivity contribution in [3.63, 3.8) is 0 Å². The van der Waals surface area contributed by atoms with Crippen LogP contribution in [0.5, 0.6) is 11.5 Å². The summed E-state index contributed by atoms with van der Waals surface area (Å²) in [7, 11) is 4.13. The number of nitrogens with one attached hydrogen (secondary N) is 2. The molecule has 0 bridgehead atoms. The van der Waals surface area contributed by atoms with Crippen molar-refractivity contribution in [2.45, 2.75) is 31.7 Å². The van der Waals surface area contributed by atoms with E-state index in [4.69, 9.17) is 14.5 Å². The van der Waals surface area contributed by atoms with Crippen LogP contribution in [0.1, 0.15) is 36.0 Å². The van der Waals surface area contributed by atoms with Gasteiger partial charge in [0.05, 0.1) is 5.52 Å². The van der Waals surface area contributed by atoms with Crippen LogP contribution in [-0.2, 0) is 0 Å². The van der Waals surface area contributed by atoms with Crippen molar-refractivity contribution in [3.8, 4) is 11.5 Å². The third kappa shape index (κ3) is 4.67. The van der Waals surface area contributed by atoms with Crippen molar-refractivity contribution in [1.29, 1.82) is 0 Å². The van der Waals surface area contributed by atoms with Crippen LogP contribution in [0.3, 0.4) is 0 Å². The van der Waals surface area contributed by atoms with Gasteiger partial charge >= 0.3 is 0 Å². The third-order valence-electron chi connectivity index (χ3n) is 6.56. The lowest BCUT2D eigenvalue weighted by atomic mass is 9.86. The van der Waals surface area contributed by atoms with Gasteiger partial charge in [-0.05, 0) is 55.9 Å². The molecule has 2 heterocycles. The van der Waals surface area contributed by atoms with Crippen molar-refractivity contribution in [2.24, 2.45) is 5.92 Å². The lowest BCUT2D eigenvalue weighted by molar-refractivity contribution is 0.0943. The van der Waals surface area contributed by atoms with E-state index < -0.39 is 0 Å². The Morgan fingerprint density at radius 3 is 2.64 bits per heavy atom. The van der Waals surface area contributed by atoms with Crippen LogP contribution in [-0.4, -0.2) is 44.4 Å². The zero-order valence-corrected chi connectivity index (χ0v) is 19.1. The number of hydrogen-bond acceptors (Lipinski definition) is 6. The predicted octanol–water partition coefficient (Wildman–Crippen LogP) is 4.43. The molecule has 1 aliphatic carbocycles. The third-order valence-corrected chi connectivity index (χ3v) is 6.56. The van der Waals surface area contributed by atoms with E-state index in [9.17, 15) is 4.79 Å². The van der Waals surface area contributed by atoms with Crippen LogP contribution >= 0.6 is 0 Å². The van der Waals surface area contributed by atoms with E-state index in [1.54, 1.807) is 18.2 Å². The van der Waals surface area contributed by atoms with Crippen LogP contribution in [0, 0.1) is 5.92 Å². The lowest BCUT2D eigenvalue weighted by Crippen LogP contribution is -2.34. The lowest BCUT2D eigenvalue weighted by Gasteiger charge is -2.30. The number of aromatic nitrogens is 1. The molecule has 0 unspecified atom stereocenters. The molecular formula is C26H30N4O3. The summed E-state index contributed by atoms with van der Waals surface area (Å²) in [6.45, 7) is 0.905. The zero-order valence-electron chi connectivity index (χ0n) is 19.1. The number of fused-ring (bicyclic) bond motifs is 2. The van der Waals surface area contributed by atoms with E-state index in [-0.39, 0.29) is 12.7 Å². The van der Waals surface area contributed by atoms with Gasteiger partial charge in [-0.2, -0.15) is 0 Å². The molecular weight excluding hydrogens is 416 g/mol. The summed E-state index contributed by atoms with van der Waals surface area (Å²) in [5, 5.41) is 7.91. The van der Waals surface area contributed by atoms with Crippen molar-refractivity contribution in [1.82, 2.24) is 10.3 Å². The molecule has 2 N–H and O–H groups in total. The summed E-state index contributed by atoms with van der Waals surface area (Å²) in [5.74, 6) is 2.68. The van der Waals surface area contributed by atoms with Gasteiger partial charge in [-0.1, -0.05) is 18.2 Å². The first kappa shape index (κ1) is 21.4. The summed E-state index contributed by atoms with van der Waals surface area (Å²) in [4.78, 5) is 19.5. The van der Waals surface area contributed by atoms with E-state index in [1.165, 1.54) is 5.69 Å². The molecule has 1 aromatic heterocycles. The largest absolute Gasteiger partial charge is 0.454 e. The Hall–Kier alpha value is -3.48. The maximum absolute atomic E-state index is 12.6. The van der Waals surface area contributed by atoms with Gasteiger partial charge in [-0.3, -0.25) is 4.79 Å². The standard InChI is InChI=1S/C26H30N4O3/c1-30(2)22-14-25(29-21-6-4-3-5-20(21)22)28-19-10-7-17(8-11-19)15-27-26(31)18-9-12-23-24(13-18)33-16-32-23/h3-6,9,12-14,17,19H,7-8,10-11,15-16H2,1-2H3,(H,27,31)(H,28,29). The molecule has 0 saturated heterocycles. The molecule has 1 fully saturated rings. The predicted molar refractivity (Wildman–Crippen MR) is 130 cm³/mol. The first-order chi connectivity index (χ1) is 16.1. The molecule has 5 rings (SSSR count). The average Bonchev–Trinajstić information content (AvgIpc) is 3.31. The average molecular weight is 447 g/mol. The number of amides is 1. The SMILES string of the molecule is CN(C)c1cc(NC2CCC(CNC(=O)c3ccc4c(c3)OCO4)CC2)nc2ccccc12. The zero-order chi connectivity index (χ0) is 22.8. The molecule has 7 heteroatoms. The minimum absolute atomic E-state index is 0.0647. The molecule has 3 aromatic rings. The number of nitrogens with zero attached hydrogens (tertiary/aromatic N) is 2. The van der Waals surface area contributed by atoms with Crippen LogP contribution in [0.15, 0.2) is 48.5 Å². The minimum Gasteiger partial charge on any atom is -0.454 e. The number of carbonyl (C=O) groups is 1. The maximum Gasteiger partial charge on any atom is 0.251 e. The van der Waals surface area contributed by atoms with Crippen molar-refractivity contribution < 1.29 is 14.3 Å². The van der Waals surface area contributed by atoms with Gasteiger partial charge in [0.2, 0.25) is 6.79 Å². The van der Waals surface area contributed by atoms with Gasteiger partial charge in [0.25, 0.3) is 5.91 Å². The molecule has 7 nitrogen and oxygen atoms in total. The van der Waals surface area contributed by atoms with E-state index in [0.29, 0.717) is 35.6 Å². The monoisotopic (exact) mass is 446 g/mol. The molecule has 2 aromatic carbocycles. The molecule has 1 saturated carbocycles. The highest BCUT2D eigenvalue weighted by Crippen LogP contribution is 2.33. The molecule has 0 radical (unpaired) electrons. The van der Waals surface area contributed by atoms with Crippen LogP contribution in [0.4, 0.5) is 11.5 Å². The van der Waals surface area contributed by atoms with Gasteiger partial charge < -0.3 is 25.0 Å². The Kier molecular flexibility index (Phi) is 5.94. The van der Waals surface area contributed by atoms with Gasteiger partial charge in [0.1, 0.15) is 5.82 Å². The number of anilines is 2. The summed E-state index contributed by atoms with van der Waals surface area (Å²) in [6.07, 6.45) is 4.28. The minimum atomic E-state index is -0.0647.